The van der Waals surface area contributed by atoms with Crippen LogP contribution in [-0.4, -0.2) is 23.7 Å². The minimum atomic E-state index is -1.27. The molecular weight excluding hydrogens is 427 g/mol. The van der Waals surface area contributed by atoms with E-state index < -0.39 is 23.9 Å². The number of hydrogen-bond donors (Lipinski definition) is 1. The summed E-state index contributed by atoms with van der Waals surface area (Å²) in [5.41, 5.74) is 2.95. The van der Waals surface area contributed by atoms with Crippen molar-refractivity contribution >= 4 is 11.9 Å². The molecule has 6 nitrogen and oxygen atoms in total. The molecule has 1 unspecified atom stereocenters. The Morgan fingerprint density at radius 1 is 0.939 bits per heavy atom. The van der Waals surface area contributed by atoms with Gasteiger partial charge in [0, 0.05) is 6.07 Å². The molecular formula is C26H23FO6. The van der Waals surface area contributed by atoms with Gasteiger partial charge >= 0.3 is 11.9 Å². The van der Waals surface area contributed by atoms with Crippen LogP contribution in [0.25, 0.3) is 11.1 Å². The maximum absolute atomic E-state index is 13.0. The summed E-state index contributed by atoms with van der Waals surface area (Å²) < 4.78 is 28.7. The first-order valence-corrected chi connectivity index (χ1v) is 10.2. The molecule has 0 saturated carbocycles. The molecule has 170 valence electrons. The van der Waals surface area contributed by atoms with Crippen LogP contribution in [0.1, 0.15) is 35.9 Å². The number of ether oxygens (including phenoxy) is 3. The van der Waals surface area contributed by atoms with Gasteiger partial charge in [0.25, 0.3) is 0 Å². The zero-order chi connectivity index (χ0) is 24.0. The van der Waals surface area contributed by atoms with E-state index in [0.29, 0.717) is 5.56 Å². The van der Waals surface area contributed by atoms with Crippen LogP contribution in [0.5, 0.6) is 17.2 Å². The van der Waals surface area contributed by atoms with E-state index in [9.17, 15) is 19.1 Å². The molecule has 0 aliphatic heterocycles. The molecule has 0 aliphatic carbocycles. The molecule has 1 atom stereocenters. The maximum atomic E-state index is 13.0. The van der Waals surface area contributed by atoms with Crippen molar-refractivity contribution in [3.63, 3.8) is 0 Å². The van der Waals surface area contributed by atoms with Crippen LogP contribution < -0.4 is 14.2 Å². The predicted octanol–water partition coefficient (Wildman–Crippen LogP) is 5.41. The zero-order valence-electron chi connectivity index (χ0n) is 18.2. The number of halogens is 1. The summed E-state index contributed by atoms with van der Waals surface area (Å²) in [4.78, 5) is 24.1. The molecule has 7 heteroatoms. The van der Waals surface area contributed by atoms with Gasteiger partial charge in [-0.3, -0.25) is 0 Å². The zero-order valence-corrected chi connectivity index (χ0v) is 18.2. The lowest BCUT2D eigenvalue weighted by atomic mass is 10.0. The van der Waals surface area contributed by atoms with Crippen LogP contribution in [0.3, 0.4) is 0 Å². The number of rotatable bonds is 8. The Hall–Kier alpha value is -3.97. The largest absolute Gasteiger partial charge is 0.490 e. The molecule has 0 fully saturated rings. The molecule has 0 radical (unpaired) electrons. The summed E-state index contributed by atoms with van der Waals surface area (Å²) in [5, 5.41) is 9.63. The van der Waals surface area contributed by atoms with E-state index in [1.807, 2.05) is 24.3 Å². The van der Waals surface area contributed by atoms with E-state index >= 15 is 0 Å². The fraction of sp³-hybridized carbons (Fsp3) is 0.154. The highest BCUT2D eigenvalue weighted by Gasteiger charge is 2.16. The van der Waals surface area contributed by atoms with Crippen molar-refractivity contribution in [2.24, 2.45) is 0 Å². The summed E-state index contributed by atoms with van der Waals surface area (Å²) in [5.74, 6) is -2.97. The van der Waals surface area contributed by atoms with Gasteiger partial charge in [-0.2, -0.15) is 4.39 Å². The van der Waals surface area contributed by atoms with Gasteiger partial charge in [-0.25, -0.2) is 9.59 Å². The molecule has 0 aliphatic rings. The number of hydrogen-bond acceptors (Lipinski definition) is 6. The summed E-state index contributed by atoms with van der Waals surface area (Å²) in [7, 11) is 0. The monoisotopic (exact) mass is 450 g/mol. The average molecular weight is 450 g/mol. The van der Waals surface area contributed by atoms with Crippen molar-refractivity contribution in [2.45, 2.75) is 20.0 Å². The first kappa shape index (κ1) is 23.7. The summed E-state index contributed by atoms with van der Waals surface area (Å²) in [6.07, 6.45) is -0.543. The van der Waals surface area contributed by atoms with Gasteiger partial charge < -0.3 is 19.3 Å². The molecule has 0 saturated heterocycles. The van der Waals surface area contributed by atoms with Gasteiger partial charge in [-0.05, 0) is 54.8 Å². The third-order valence-corrected chi connectivity index (χ3v) is 4.70. The molecule has 3 aromatic rings. The molecule has 3 aromatic carbocycles. The van der Waals surface area contributed by atoms with Crippen molar-refractivity contribution < 1.29 is 33.3 Å². The van der Waals surface area contributed by atoms with Gasteiger partial charge in [0.05, 0.1) is 18.3 Å². The minimum Gasteiger partial charge on any atom is -0.490 e. The van der Waals surface area contributed by atoms with Gasteiger partial charge in [0.2, 0.25) is 5.83 Å². The fourth-order valence-electron chi connectivity index (χ4n) is 2.98. The first-order chi connectivity index (χ1) is 15.8. The van der Waals surface area contributed by atoms with Gasteiger partial charge in [-0.1, -0.05) is 43.0 Å². The number of aliphatic hydroxyl groups excluding tert-OH is 1. The Labute approximate surface area is 190 Å². The lowest BCUT2D eigenvalue weighted by Gasteiger charge is -2.12. The number of esters is 2. The highest BCUT2D eigenvalue weighted by molar-refractivity contribution is 5.92. The quantitative estimate of drug-likeness (QED) is 0.281. The topological polar surface area (TPSA) is 82.1 Å². The Kier molecular flexibility index (Phi) is 7.58. The maximum Gasteiger partial charge on any atom is 0.372 e. The first-order valence-electron chi connectivity index (χ1n) is 10.2. The van der Waals surface area contributed by atoms with Crippen molar-refractivity contribution in [3.05, 3.63) is 90.3 Å². The molecule has 33 heavy (non-hydrogen) atoms. The molecule has 1 N–H and O–H groups in total. The Balaban J connectivity index is 1.75. The molecule has 0 heterocycles. The van der Waals surface area contributed by atoms with Gasteiger partial charge in [0.1, 0.15) is 5.75 Å². The van der Waals surface area contributed by atoms with Crippen LogP contribution in [0.2, 0.25) is 0 Å². The summed E-state index contributed by atoms with van der Waals surface area (Å²) in [6.45, 7) is 6.62. The van der Waals surface area contributed by atoms with Crippen LogP contribution in [0.4, 0.5) is 4.39 Å². The number of benzene rings is 3. The van der Waals surface area contributed by atoms with Gasteiger partial charge in [0.15, 0.2) is 11.5 Å². The Morgan fingerprint density at radius 2 is 1.55 bits per heavy atom. The van der Waals surface area contributed by atoms with Crippen LogP contribution in [0.15, 0.2) is 79.1 Å². The van der Waals surface area contributed by atoms with Crippen molar-refractivity contribution in [2.75, 3.05) is 6.61 Å². The fourth-order valence-corrected chi connectivity index (χ4v) is 2.98. The highest BCUT2D eigenvalue weighted by atomic mass is 19.1. The average Bonchev–Trinajstić information content (AvgIpc) is 2.81. The SMILES string of the molecule is C=C(F)C(=O)Oc1cc(OC(=O)c2ccc(-c3ccc(C(C)O)cc3)cc2)ccc1OCC. The van der Waals surface area contributed by atoms with E-state index in [-0.39, 0.29) is 23.9 Å². The van der Waals surface area contributed by atoms with E-state index in [0.717, 1.165) is 16.7 Å². The second-order valence-corrected chi connectivity index (χ2v) is 7.10. The molecule has 3 rings (SSSR count). The molecule has 0 aromatic heterocycles. The number of aliphatic hydroxyl groups is 1. The third kappa shape index (κ3) is 6.05. The second kappa shape index (κ2) is 10.6. The number of carbonyl (C=O) groups excluding carboxylic acids is 2. The Bertz CT molecular complexity index is 1150. The van der Waals surface area contributed by atoms with Crippen LogP contribution >= 0.6 is 0 Å². The molecule has 0 amide bonds. The van der Waals surface area contributed by atoms with Crippen LogP contribution in [0, 0.1) is 0 Å². The van der Waals surface area contributed by atoms with Gasteiger partial charge in [-0.15, -0.1) is 0 Å². The smallest absolute Gasteiger partial charge is 0.372 e. The van der Waals surface area contributed by atoms with E-state index in [1.54, 1.807) is 38.1 Å². The molecule has 0 bridgehead atoms. The molecule has 0 spiro atoms. The predicted molar refractivity (Wildman–Crippen MR) is 121 cm³/mol. The van der Waals surface area contributed by atoms with E-state index in [4.69, 9.17) is 14.2 Å². The minimum absolute atomic E-state index is 0.0912. The lowest BCUT2D eigenvalue weighted by Crippen LogP contribution is -2.11. The normalized spacial score (nSPS) is 11.4. The van der Waals surface area contributed by atoms with E-state index in [1.165, 1.54) is 18.2 Å². The number of carbonyl (C=O) groups is 2. The highest BCUT2D eigenvalue weighted by Crippen LogP contribution is 2.33. The van der Waals surface area contributed by atoms with Crippen molar-refractivity contribution in [1.82, 2.24) is 0 Å². The lowest BCUT2D eigenvalue weighted by molar-refractivity contribution is -0.131. The van der Waals surface area contributed by atoms with E-state index in [2.05, 4.69) is 6.58 Å². The Morgan fingerprint density at radius 3 is 2.09 bits per heavy atom. The summed E-state index contributed by atoms with van der Waals surface area (Å²) >= 11 is 0. The van der Waals surface area contributed by atoms with Crippen molar-refractivity contribution in [1.29, 1.82) is 0 Å². The standard InChI is InChI=1S/C26H23FO6/c1-4-31-23-14-13-22(15-24(23)33-25(29)16(2)27)32-26(30)21-11-9-20(10-12-21)19-7-5-18(6-8-19)17(3)28/h5-15,17,28H,2,4H2,1,3H3. The van der Waals surface area contributed by atoms with Crippen LogP contribution in [-0.2, 0) is 4.79 Å². The third-order valence-electron chi connectivity index (χ3n) is 4.70. The second-order valence-electron chi connectivity index (χ2n) is 7.10. The van der Waals surface area contributed by atoms with Crippen molar-refractivity contribution in [3.8, 4) is 28.4 Å². The summed E-state index contributed by atoms with van der Waals surface area (Å²) in [6, 6.07) is 18.5.